The molecule has 0 aliphatic heterocycles. The highest BCUT2D eigenvalue weighted by molar-refractivity contribution is 6.30. The Morgan fingerprint density at radius 2 is 2.15 bits per heavy atom. The molecule has 0 aliphatic rings. The molecule has 10 nitrogen and oxygen atoms in total. The van der Waals surface area contributed by atoms with E-state index in [1.54, 1.807) is 23.0 Å². The lowest BCUT2D eigenvalue weighted by Crippen LogP contribution is -2.19. The second-order valence-corrected chi connectivity index (χ2v) is 5.99. The van der Waals surface area contributed by atoms with Crippen molar-refractivity contribution in [3.05, 3.63) is 63.4 Å². The summed E-state index contributed by atoms with van der Waals surface area (Å²) in [6.07, 6.45) is 2.86. The van der Waals surface area contributed by atoms with Crippen LogP contribution in [0, 0.1) is 10.1 Å². The molecule has 0 unspecified atom stereocenters. The van der Waals surface area contributed by atoms with Gasteiger partial charge in [0.1, 0.15) is 12.7 Å². The van der Waals surface area contributed by atoms with E-state index < -0.39 is 10.8 Å². The minimum absolute atomic E-state index is 0.154. The van der Waals surface area contributed by atoms with E-state index in [9.17, 15) is 14.9 Å². The monoisotopic (exact) mass is 390 g/mol. The molecule has 0 atom stereocenters. The average molecular weight is 391 g/mol. The second kappa shape index (κ2) is 7.87. The summed E-state index contributed by atoms with van der Waals surface area (Å²) in [7, 11) is 1.27. The van der Waals surface area contributed by atoms with Crippen LogP contribution in [0.4, 0.5) is 11.5 Å². The van der Waals surface area contributed by atoms with Crippen LogP contribution in [-0.4, -0.2) is 37.5 Å². The third-order valence-electron chi connectivity index (χ3n) is 3.55. The summed E-state index contributed by atoms with van der Waals surface area (Å²) in [5, 5.41) is 22.3. The van der Waals surface area contributed by atoms with Gasteiger partial charge < -0.3 is 10.1 Å². The lowest BCUT2D eigenvalue weighted by atomic mass is 10.2. The summed E-state index contributed by atoms with van der Waals surface area (Å²) >= 11 is 5.96. The number of aromatic nitrogens is 4. The number of hydrogen-bond acceptors (Lipinski definition) is 6. The largest absolute Gasteiger partial charge is 0.475 e. The molecule has 27 heavy (non-hydrogen) atoms. The van der Waals surface area contributed by atoms with Crippen LogP contribution in [-0.2, 0) is 17.9 Å². The molecule has 0 saturated heterocycles. The van der Waals surface area contributed by atoms with Gasteiger partial charge in [0.25, 0.3) is 0 Å². The number of benzene rings is 1. The van der Waals surface area contributed by atoms with Crippen LogP contribution in [0.3, 0.4) is 0 Å². The van der Waals surface area contributed by atoms with Gasteiger partial charge in [-0.15, -0.1) is 5.10 Å². The Labute approximate surface area is 158 Å². The van der Waals surface area contributed by atoms with E-state index in [1.807, 2.05) is 18.2 Å². The molecule has 3 aromatic rings. The summed E-state index contributed by atoms with van der Waals surface area (Å²) in [6.45, 7) is 0.282. The van der Waals surface area contributed by atoms with E-state index >= 15 is 0 Å². The average Bonchev–Trinajstić information content (AvgIpc) is 3.21. The number of carbonyl (C=O) groups excluding carboxylic acids is 1. The fourth-order valence-electron chi connectivity index (χ4n) is 2.41. The minimum Gasteiger partial charge on any atom is -0.475 e. The first-order chi connectivity index (χ1) is 12.9. The van der Waals surface area contributed by atoms with Gasteiger partial charge in [-0.3, -0.25) is 24.3 Å². The van der Waals surface area contributed by atoms with Gasteiger partial charge in [0.05, 0.1) is 18.6 Å². The van der Waals surface area contributed by atoms with Crippen LogP contribution in [0.2, 0.25) is 5.02 Å². The summed E-state index contributed by atoms with van der Waals surface area (Å²) < 4.78 is 7.62. The van der Waals surface area contributed by atoms with Crippen molar-refractivity contribution in [2.75, 3.05) is 12.4 Å². The molecule has 0 spiro atoms. The number of amides is 1. The number of anilines is 1. The second-order valence-electron chi connectivity index (χ2n) is 5.55. The molecule has 0 fully saturated rings. The van der Waals surface area contributed by atoms with Crippen LogP contribution in [0.1, 0.15) is 5.56 Å². The van der Waals surface area contributed by atoms with Crippen molar-refractivity contribution in [1.29, 1.82) is 0 Å². The molecular formula is C16H15ClN6O4. The van der Waals surface area contributed by atoms with Gasteiger partial charge >= 0.3 is 11.6 Å². The maximum atomic E-state index is 12.1. The molecule has 1 amide bonds. The Kier molecular flexibility index (Phi) is 5.36. The summed E-state index contributed by atoms with van der Waals surface area (Å²) in [5.74, 6) is -0.225. The number of nitrogens with zero attached hydrogens (tertiary/aromatic N) is 5. The van der Waals surface area contributed by atoms with E-state index in [0.717, 1.165) is 16.4 Å². The fourth-order valence-corrected chi connectivity index (χ4v) is 2.63. The molecular weight excluding hydrogens is 376 g/mol. The van der Waals surface area contributed by atoms with Crippen molar-refractivity contribution in [3.8, 4) is 5.88 Å². The molecule has 0 radical (unpaired) electrons. The van der Waals surface area contributed by atoms with Crippen LogP contribution in [0.25, 0.3) is 0 Å². The van der Waals surface area contributed by atoms with Crippen LogP contribution in [0.5, 0.6) is 5.88 Å². The molecule has 2 aromatic heterocycles. The summed E-state index contributed by atoms with van der Waals surface area (Å²) in [6, 6.07) is 9.04. The lowest BCUT2D eigenvalue weighted by Gasteiger charge is -2.03. The number of methoxy groups -OCH3 is 1. The van der Waals surface area contributed by atoms with Crippen LogP contribution < -0.4 is 10.1 Å². The molecule has 1 aromatic carbocycles. The Hall–Kier alpha value is -3.40. The van der Waals surface area contributed by atoms with Crippen molar-refractivity contribution < 1.29 is 14.5 Å². The molecule has 0 aliphatic carbocycles. The van der Waals surface area contributed by atoms with Gasteiger partial charge in [-0.05, 0) is 17.7 Å². The first-order valence-electron chi connectivity index (χ1n) is 7.78. The molecule has 11 heteroatoms. The van der Waals surface area contributed by atoms with E-state index in [0.29, 0.717) is 17.4 Å². The molecule has 1 N–H and O–H groups in total. The zero-order valence-electron chi connectivity index (χ0n) is 14.2. The number of halogens is 1. The first-order valence-corrected chi connectivity index (χ1v) is 8.16. The van der Waals surface area contributed by atoms with Crippen molar-refractivity contribution >= 4 is 29.0 Å². The normalized spacial score (nSPS) is 10.6. The van der Waals surface area contributed by atoms with Crippen molar-refractivity contribution in [3.63, 3.8) is 0 Å². The first kappa shape index (κ1) is 18.4. The number of nitrogens with one attached hydrogen (secondary N) is 1. The topological polar surface area (TPSA) is 117 Å². The third kappa shape index (κ3) is 4.61. The smallest absolute Gasteiger partial charge is 0.350 e. The highest BCUT2D eigenvalue weighted by atomic mass is 35.5. The lowest BCUT2D eigenvalue weighted by molar-refractivity contribution is -0.385. The standard InChI is InChI=1S/C16H15ClN6O4/c1-27-16-13(23(25)26)9-22(20-16)10-15(24)18-14-5-6-21(19-14)8-11-3-2-4-12(17)7-11/h2-7,9H,8,10H2,1H3,(H,18,19,24). The van der Waals surface area contributed by atoms with Crippen molar-refractivity contribution in [2.24, 2.45) is 0 Å². The van der Waals surface area contributed by atoms with E-state index in [2.05, 4.69) is 15.5 Å². The molecule has 140 valence electrons. The van der Waals surface area contributed by atoms with E-state index in [-0.39, 0.29) is 18.1 Å². The predicted octanol–water partition coefficient (Wildman–Crippen LogP) is 2.34. The number of ether oxygens (including phenoxy) is 1. The fraction of sp³-hybridized carbons (Fsp3) is 0.188. The quantitative estimate of drug-likeness (QED) is 0.488. The zero-order chi connectivity index (χ0) is 19.4. The number of carbonyl (C=O) groups is 1. The summed E-state index contributed by atoms with van der Waals surface area (Å²) in [5.41, 5.74) is 0.663. The van der Waals surface area contributed by atoms with Crippen LogP contribution in [0.15, 0.2) is 42.7 Å². The van der Waals surface area contributed by atoms with Crippen molar-refractivity contribution in [1.82, 2.24) is 19.6 Å². The van der Waals surface area contributed by atoms with Gasteiger partial charge in [0.2, 0.25) is 5.91 Å². The number of nitro groups is 1. The Morgan fingerprint density at radius 1 is 1.33 bits per heavy atom. The third-order valence-corrected chi connectivity index (χ3v) is 3.78. The molecule has 3 rings (SSSR count). The molecule has 0 bridgehead atoms. The zero-order valence-corrected chi connectivity index (χ0v) is 15.0. The van der Waals surface area contributed by atoms with E-state index in [4.69, 9.17) is 16.3 Å². The number of rotatable bonds is 7. The highest BCUT2D eigenvalue weighted by Gasteiger charge is 2.21. The van der Waals surface area contributed by atoms with Gasteiger partial charge in [-0.2, -0.15) is 5.10 Å². The van der Waals surface area contributed by atoms with Gasteiger partial charge in [-0.25, -0.2) is 0 Å². The molecule has 0 saturated carbocycles. The van der Waals surface area contributed by atoms with Crippen LogP contribution >= 0.6 is 11.6 Å². The maximum absolute atomic E-state index is 12.1. The predicted molar refractivity (Wildman–Crippen MR) is 96.8 cm³/mol. The maximum Gasteiger partial charge on any atom is 0.350 e. The van der Waals surface area contributed by atoms with Gasteiger partial charge in [0, 0.05) is 17.3 Å². The summed E-state index contributed by atoms with van der Waals surface area (Å²) in [4.78, 5) is 22.4. The Balaban J connectivity index is 1.62. The highest BCUT2D eigenvalue weighted by Crippen LogP contribution is 2.23. The SMILES string of the molecule is COc1nn(CC(=O)Nc2ccn(Cc3cccc(Cl)c3)n2)cc1[N+](=O)[O-]. The van der Waals surface area contributed by atoms with Gasteiger partial charge in [0.15, 0.2) is 5.82 Å². The van der Waals surface area contributed by atoms with E-state index in [1.165, 1.54) is 7.11 Å². The van der Waals surface area contributed by atoms with Crippen molar-refractivity contribution in [2.45, 2.75) is 13.1 Å². The molecule has 2 heterocycles. The Morgan fingerprint density at radius 3 is 2.81 bits per heavy atom. The van der Waals surface area contributed by atoms with Gasteiger partial charge in [-0.1, -0.05) is 23.7 Å². The number of hydrogen-bond donors (Lipinski definition) is 1. The Bertz CT molecular complexity index is 983. The minimum atomic E-state index is -0.627.